The maximum atomic E-state index is 13.6. The molecule has 21 heavy (non-hydrogen) atoms. The maximum absolute atomic E-state index is 13.6. The van der Waals surface area contributed by atoms with Crippen LogP contribution < -0.4 is 0 Å². The molecule has 0 unspecified atom stereocenters. The second-order valence-electron chi connectivity index (χ2n) is 5.96. The summed E-state index contributed by atoms with van der Waals surface area (Å²) in [4.78, 5) is 17.3. The van der Waals surface area contributed by atoms with E-state index in [4.69, 9.17) is 0 Å². The number of Topliss-reactive ketones (excluding diaryl/α,β-unsaturated/α-hetero) is 1. The minimum Gasteiger partial charge on any atom is -0.293 e. The zero-order valence-corrected chi connectivity index (χ0v) is 13.9. The molecule has 6 heteroatoms. The fourth-order valence-electron chi connectivity index (χ4n) is 2.53. The highest BCUT2D eigenvalue weighted by atomic mass is 79.9. The number of benzene rings is 1. The molecule has 0 bridgehead atoms. The lowest BCUT2D eigenvalue weighted by atomic mass is 9.78. The fourth-order valence-corrected chi connectivity index (χ4v) is 4.22. The number of carbonyl (C=O) groups excluding carboxylic acids is 1. The zero-order valence-electron chi connectivity index (χ0n) is 11.5. The summed E-state index contributed by atoms with van der Waals surface area (Å²) in [7, 11) is 0. The van der Waals surface area contributed by atoms with Gasteiger partial charge in [-0.05, 0) is 39.9 Å². The number of thiazole rings is 1. The standard InChI is InChI=1S/C15H12BrF2NOS/c1-15(2)5-9-13(10(20)6-15)21-14(19-9)7-3-4-8(17)12(18)11(7)16/h3-4H,5-6H2,1-2H3. The molecular formula is C15H12BrF2NOS. The predicted molar refractivity (Wildman–Crippen MR) is 81.6 cm³/mol. The highest BCUT2D eigenvalue weighted by Crippen LogP contribution is 2.41. The van der Waals surface area contributed by atoms with Gasteiger partial charge in [0.1, 0.15) is 5.01 Å². The highest BCUT2D eigenvalue weighted by Gasteiger charge is 2.34. The Bertz CT molecular complexity index is 754. The molecule has 0 N–H and O–H groups in total. The lowest BCUT2D eigenvalue weighted by Crippen LogP contribution is -2.25. The largest absolute Gasteiger partial charge is 0.293 e. The first kappa shape index (κ1) is 14.8. The lowest BCUT2D eigenvalue weighted by Gasteiger charge is -2.26. The molecule has 0 atom stereocenters. The molecule has 1 aromatic heterocycles. The van der Waals surface area contributed by atoms with Crippen molar-refractivity contribution >= 4 is 33.0 Å². The molecule has 0 saturated heterocycles. The lowest BCUT2D eigenvalue weighted by molar-refractivity contribution is 0.0916. The third kappa shape index (κ3) is 2.55. The van der Waals surface area contributed by atoms with Crippen molar-refractivity contribution in [2.24, 2.45) is 5.41 Å². The number of rotatable bonds is 1. The van der Waals surface area contributed by atoms with E-state index in [1.807, 2.05) is 13.8 Å². The first-order valence-electron chi connectivity index (χ1n) is 6.45. The van der Waals surface area contributed by atoms with Gasteiger partial charge < -0.3 is 0 Å². The van der Waals surface area contributed by atoms with Crippen molar-refractivity contribution in [3.8, 4) is 10.6 Å². The van der Waals surface area contributed by atoms with Gasteiger partial charge in [0.15, 0.2) is 17.4 Å². The normalized spacial score (nSPS) is 16.9. The van der Waals surface area contributed by atoms with Gasteiger partial charge in [-0.15, -0.1) is 11.3 Å². The van der Waals surface area contributed by atoms with Crippen LogP contribution in [0.25, 0.3) is 10.6 Å². The summed E-state index contributed by atoms with van der Waals surface area (Å²) in [6.45, 7) is 4.06. The van der Waals surface area contributed by atoms with Crippen LogP contribution in [0.5, 0.6) is 0 Å². The van der Waals surface area contributed by atoms with Crippen molar-refractivity contribution in [1.82, 2.24) is 4.98 Å². The second-order valence-corrected chi connectivity index (χ2v) is 7.75. The van der Waals surface area contributed by atoms with Crippen molar-refractivity contribution in [1.29, 1.82) is 0 Å². The summed E-state index contributed by atoms with van der Waals surface area (Å²) in [6, 6.07) is 2.55. The van der Waals surface area contributed by atoms with Gasteiger partial charge in [-0.2, -0.15) is 0 Å². The smallest absolute Gasteiger partial charge is 0.175 e. The molecule has 3 rings (SSSR count). The fraction of sp³-hybridized carbons (Fsp3) is 0.333. The van der Waals surface area contributed by atoms with Crippen LogP contribution in [0.3, 0.4) is 0 Å². The molecule has 0 spiro atoms. The minimum atomic E-state index is -0.938. The van der Waals surface area contributed by atoms with Gasteiger partial charge in [0, 0.05) is 12.0 Å². The average Bonchev–Trinajstić information content (AvgIpc) is 2.78. The van der Waals surface area contributed by atoms with E-state index in [0.717, 1.165) is 11.8 Å². The van der Waals surface area contributed by atoms with Crippen LogP contribution >= 0.6 is 27.3 Å². The second kappa shape index (κ2) is 4.95. The number of hydrogen-bond donors (Lipinski definition) is 0. The van der Waals surface area contributed by atoms with Crippen molar-refractivity contribution in [2.45, 2.75) is 26.7 Å². The van der Waals surface area contributed by atoms with Crippen LogP contribution in [0.2, 0.25) is 0 Å². The van der Waals surface area contributed by atoms with Gasteiger partial charge in [-0.3, -0.25) is 4.79 Å². The summed E-state index contributed by atoms with van der Waals surface area (Å²) in [5.74, 6) is -1.78. The Morgan fingerprint density at radius 3 is 2.71 bits per heavy atom. The average molecular weight is 372 g/mol. The molecule has 0 saturated carbocycles. The van der Waals surface area contributed by atoms with E-state index >= 15 is 0 Å². The van der Waals surface area contributed by atoms with Crippen LogP contribution in [0.4, 0.5) is 8.78 Å². The molecule has 2 nitrogen and oxygen atoms in total. The number of nitrogens with zero attached hydrogens (tertiary/aromatic N) is 1. The SMILES string of the molecule is CC1(C)CC(=O)c2sc(-c3ccc(F)c(F)c3Br)nc2C1. The Labute approximate surface area is 133 Å². The summed E-state index contributed by atoms with van der Waals surface area (Å²) < 4.78 is 26.9. The monoisotopic (exact) mass is 371 g/mol. The van der Waals surface area contributed by atoms with Crippen LogP contribution in [0.15, 0.2) is 16.6 Å². The van der Waals surface area contributed by atoms with Gasteiger partial charge in [-0.25, -0.2) is 13.8 Å². The van der Waals surface area contributed by atoms with E-state index in [0.29, 0.717) is 28.3 Å². The first-order valence-corrected chi connectivity index (χ1v) is 8.06. The molecule has 0 amide bonds. The van der Waals surface area contributed by atoms with Gasteiger partial charge >= 0.3 is 0 Å². The zero-order chi connectivity index (χ0) is 15.4. The molecule has 1 aromatic carbocycles. The topological polar surface area (TPSA) is 30.0 Å². The van der Waals surface area contributed by atoms with Crippen molar-refractivity contribution < 1.29 is 13.6 Å². The van der Waals surface area contributed by atoms with Crippen molar-refractivity contribution in [3.05, 3.63) is 38.8 Å². The number of fused-ring (bicyclic) bond motifs is 1. The van der Waals surface area contributed by atoms with E-state index < -0.39 is 11.6 Å². The molecular weight excluding hydrogens is 360 g/mol. The third-order valence-electron chi connectivity index (χ3n) is 3.50. The first-order chi connectivity index (χ1) is 9.78. The minimum absolute atomic E-state index is 0.0420. The maximum Gasteiger partial charge on any atom is 0.175 e. The highest BCUT2D eigenvalue weighted by molar-refractivity contribution is 9.10. The Balaban J connectivity index is 2.11. The van der Waals surface area contributed by atoms with Crippen LogP contribution in [-0.4, -0.2) is 10.8 Å². The number of carbonyl (C=O) groups is 1. The summed E-state index contributed by atoms with van der Waals surface area (Å²) >= 11 is 4.31. The molecule has 0 fully saturated rings. The van der Waals surface area contributed by atoms with Crippen LogP contribution in [-0.2, 0) is 6.42 Å². The number of halogens is 3. The van der Waals surface area contributed by atoms with E-state index in [1.165, 1.54) is 17.4 Å². The van der Waals surface area contributed by atoms with Gasteiger partial charge in [0.2, 0.25) is 0 Å². The summed E-state index contributed by atoms with van der Waals surface area (Å²) in [5.41, 5.74) is 1.12. The molecule has 110 valence electrons. The van der Waals surface area contributed by atoms with Gasteiger partial charge in [0.05, 0.1) is 15.0 Å². The number of aromatic nitrogens is 1. The third-order valence-corrected chi connectivity index (χ3v) is 5.45. The van der Waals surface area contributed by atoms with E-state index in [-0.39, 0.29) is 15.7 Å². The Kier molecular flexibility index (Phi) is 3.48. The van der Waals surface area contributed by atoms with E-state index in [2.05, 4.69) is 20.9 Å². The molecule has 0 aliphatic heterocycles. The molecule has 1 aliphatic rings. The van der Waals surface area contributed by atoms with Gasteiger partial charge in [0.25, 0.3) is 0 Å². The Morgan fingerprint density at radius 2 is 2.00 bits per heavy atom. The van der Waals surface area contributed by atoms with E-state index in [9.17, 15) is 13.6 Å². The molecule has 1 aliphatic carbocycles. The van der Waals surface area contributed by atoms with E-state index in [1.54, 1.807) is 0 Å². The summed E-state index contributed by atoms with van der Waals surface area (Å²) in [5, 5.41) is 0.539. The Hall–Kier alpha value is -1.14. The molecule has 1 heterocycles. The molecule has 0 radical (unpaired) electrons. The van der Waals surface area contributed by atoms with Crippen LogP contribution in [0.1, 0.15) is 35.6 Å². The van der Waals surface area contributed by atoms with Crippen molar-refractivity contribution in [2.75, 3.05) is 0 Å². The van der Waals surface area contributed by atoms with Gasteiger partial charge in [-0.1, -0.05) is 13.8 Å². The Morgan fingerprint density at radius 1 is 1.29 bits per heavy atom. The quantitative estimate of drug-likeness (QED) is 0.659. The summed E-state index contributed by atoms with van der Waals surface area (Å²) in [6.07, 6.45) is 1.20. The predicted octanol–water partition coefficient (Wildman–Crippen LogP) is 5.01. The molecule has 2 aromatic rings. The van der Waals surface area contributed by atoms with Crippen LogP contribution in [0, 0.1) is 17.0 Å². The van der Waals surface area contributed by atoms with Crippen molar-refractivity contribution in [3.63, 3.8) is 0 Å². The number of ketones is 1. The number of hydrogen-bond acceptors (Lipinski definition) is 3.